The van der Waals surface area contributed by atoms with Crippen molar-refractivity contribution < 1.29 is 14.3 Å². The predicted molar refractivity (Wildman–Crippen MR) is 133 cm³/mol. The van der Waals surface area contributed by atoms with Crippen molar-refractivity contribution in [1.82, 2.24) is 4.90 Å². The smallest absolute Gasteiger partial charge is 0.341 e. The number of piperazine rings is 1. The standard InChI is InChI=1S/C24H29N3O3S2/c1-16(28)17-8-10-18(11-9-17)26-12-14-27(15-13-26)24(31)25-22-21(23(29)30-2)19-6-4-3-5-7-20(19)32-22/h8-11H,3-7,12-15H2,1-2H3,(H,25,31). The molecule has 0 amide bonds. The molecule has 32 heavy (non-hydrogen) atoms. The molecule has 170 valence electrons. The number of hydrogen-bond acceptors (Lipinski definition) is 6. The second kappa shape index (κ2) is 10.0. The molecule has 1 fully saturated rings. The third-order valence-electron chi connectivity index (χ3n) is 6.24. The summed E-state index contributed by atoms with van der Waals surface area (Å²) < 4.78 is 5.10. The number of esters is 1. The van der Waals surface area contributed by atoms with E-state index >= 15 is 0 Å². The van der Waals surface area contributed by atoms with E-state index in [-0.39, 0.29) is 11.8 Å². The summed E-state index contributed by atoms with van der Waals surface area (Å²) in [6.07, 6.45) is 5.40. The van der Waals surface area contributed by atoms with E-state index in [1.54, 1.807) is 18.3 Å². The molecule has 0 bridgehead atoms. The van der Waals surface area contributed by atoms with E-state index in [1.165, 1.54) is 18.4 Å². The molecule has 1 saturated heterocycles. The van der Waals surface area contributed by atoms with Crippen molar-refractivity contribution in [3.63, 3.8) is 0 Å². The molecule has 0 saturated carbocycles. The molecule has 2 aliphatic rings. The number of carbonyl (C=O) groups is 2. The van der Waals surface area contributed by atoms with Crippen LogP contribution >= 0.6 is 23.6 Å². The maximum Gasteiger partial charge on any atom is 0.341 e. The molecular formula is C24H29N3O3S2. The first-order valence-corrected chi connectivity index (χ1v) is 12.3. The maximum absolute atomic E-state index is 12.6. The van der Waals surface area contributed by atoms with E-state index in [2.05, 4.69) is 15.1 Å². The van der Waals surface area contributed by atoms with E-state index in [0.717, 1.165) is 73.7 Å². The maximum atomic E-state index is 12.6. The lowest BCUT2D eigenvalue weighted by Gasteiger charge is -2.37. The van der Waals surface area contributed by atoms with Crippen LogP contribution in [0.15, 0.2) is 24.3 Å². The number of nitrogens with zero attached hydrogens (tertiary/aromatic N) is 2. The van der Waals surface area contributed by atoms with Crippen LogP contribution in [0.5, 0.6) is 0 Å². The largest absolute Gasteiger partial charge is 0.465 e. The number of carbonyl (C=O) groups excluding carboxylic acids is 2. The first kappa shape index (κ1) is 22.7. The van der Waals surface area contributed by atoms with Gasteiger partial charge < -0.3 is 19.9 Å². The van der Waals surface area contributed by atoms with Gasteiger partial charge in [0.1, 0.15) is 5.00 Å². The Labute approximate surface area is 198 Å². The molecular weight excluding hydrogens is 442 g/mol. The zero-order chi connectivity index (χ0) is 22.7. The summed E-state index contributed by atoms with van der Waals surface area (Å²) in [5, 5.41) is 4.83. The van der Waals surface area contributed by atoms with E-state index in [9.17, 15) is 9.59 Å². The van der Waals surface area contributed by atoms with Crippen LogP contribution in [0.25, 0.3) is 0 Å². The fourth-order valence-corrected chi connectivity index (χ4v) is 6.03. The number of thiophene rings is 1. The minimum Gasteiger partial charge on any atom is -0.465 e. The highest BCUT2D eigenvalue weighted by atomic mass is 32.1. The Kier molecular flexibility index (Phi) is 7.10. The second-order valence-corrected chi connectivity index (χ2v) is 9.76. The van der Waals surface area contributed by atoms with Crippen molar-refractivity contribution in [2.75, 3.05) is 43.5 Å². The van der Waals surface area contributed by atoms with E-state index in [1.807, 2.05) is 24.3 Å². The molecule has 0 unspecified atom stereocenters. The minimum absolute atomic E-state index is 0.0787. The molecule has 1 aliphatic carbocycles. The van der Waals surface area contributed by atoms with Crippen LogP contribution in [-0.4, -0.2) is 55.1 Å². The van der Waals surface area contributed by atoms with Gasteiger partial charge in [0.15, 0.2) is 10.9 Å². The van der Waals surface area contributed by atoms with Crippen molar-refractivity contribution in [1.29, 1.82) is 0 Å². The molecule has 0 radical (unpaired) electrons. The van der Waals surface area contributed by atoms with Crippen LogP contribution in [0.2, 0.25) is 0 Å². The number of ether oxygens (including phenoxy) is 1. The van der Waals surface area contributed by atoms with Crippen molar-refractivity contribution in [3.05, 3.63) is 45.8 Å². The molecule has 1 aromatic heterocycles. The van der Waals surface area contributed by atoms with Gasteiger partial charge in [-0.05, 0) is 74.7 Å². The number of fused-ring (bicyclic) bond motifs is 1. The van der Waals surface area contributed by atoms with Gasteiger partial charge in [-0.15, -0.1) is 11.3 Å². The number of nitrogens with one attached hydrogen (secondary N) is 1. The molecule has 4 rings (SSSR count). The number of rotatable bonds is 4. The van der Waals surface area contributed by atoms with Crippen LogP contribution in [0.1, 0.15) is 57.3 Å². The van der Waals surface area contributed by atoms with Gasteiger partial charge in [-0.25, -0.2) is 4.79 Å². The first-order chi connectivity index (χ1) is 15.5. The monoisotopic (exact) mass is 471 g/mol. The highest BCUT2D eigenvalue weighted by molar-refractivity contribution is 7.80. The molecule has 8 heteroatoms. The summed E-state index contributed by atoms with van der Waals surface area (Å²) in [6, 6.07) is 7.77. The van der Waals surface area contributed by atoms with Gasteiger partial charge in [0.2, 0.25) is 0 Å². The van der Waals surface area contributed by atoms with Gasteiger partial charge in [-0.2, -0.15) is 0 Å². The Morgan fingerprint density at radius 2 is 1.72 bits per heavy atom. The van der Waals surface area contributed by atoms with Gasteiger partial charge in [0.05, 0.1) is 12.7 Å². The fraction of sp³-hybridized carbons (Fsp3) is 0.458. The van der Waals surface area contributed by atoms with E-state index in [0.29, 0.717) is 10.7 Å². The highest BCUT2D eigenvalue weighted by Gasteiger charge is 2.27. The zero-order valence-electron chi connectivity index (χ0n) is 18.6. The molecule has 0 atom stereocenters. The summed E-state index contributed by atoms with van der Waals surface area (Å²) in [5.74, 6) is -0.205. The first-order valence-electron chi connectivity index (χ1n) is 11.1. The summed E-state index contributed by atoms with van der Waals surface area (Å²) >= 11 is 7.37. The lowest BCUT2D eigenvalue weighted by atomic mass is 10.1. The van der Waals surface area contributed by atoms with Crippen molar-refractivity contribution >= 4 is 51.1 Å². The van der Waals surface area contributed by atoms with Crippen LogP contribution in [0, 0.1) is 0 Å². The molecule has 1 N–H and O–H groups in total. The summed E-state index contributed by atoms with van der Waals surface area (Å²) in [7, 11) is 1.44. The number of methoxy groups -OCH3 is 1. The number of ketones is 1. The quantitative estimate of drug-likeness (QED) is 0.304. The van der Waals surface area contributed by atoms with Crippen LogP contribution in [-0.2, 0) is 17.6 Å². The molecule has 1 aliphatic heterocycles. The molecule has 6 nitrogen and oxygen atoms in total. The van der Waals surface area contributed by atoms with Crippen molar-refractivity contribution in [2.45, 2.75) is 39.0 Å². The summed E-state index contributed by atoms with van der Waals surface area (Å²) in [6.45, 7) is 4.84. The van der Waals surface area contributed by atoms with E-state index < -0.39 is 0 Å². The average Bonchev–Trinajstić information content (AvgIpc) is 2.98. The van der Waals surface area contributed by atoms with E-state index in [4.69, 9.17) is 17.0 Å². The van der Waals surface area contributed by atoms with Crippen molar-refractivity contribution in [3.8, 4) is 0 Å². The Balaban J connectivity index is 1.42. The SMILES string of the molecule is COC(=O)c1c(NC(=S)N2CCN(c3ccc(C(C)=O)cc3)CC2)sc2c1CCCCC2. The Morgan fingerprint density at radius 3 is 2.38 bits per heavy atom. The third-order valence-corrected chi connectivity index (χ3v) is 7.80. The zero-order valence-corrected chi connectivity index (χ0v) is 20.2. The number of benzene rings is 1. The predicted octanol–water partition coefficient (Wildman–Crippen LogP) is 4.53. The normalized spacial score (nSPS) is 16.2. The summed E-state index contributed by atoms with van der Waals surface area (Å²) in [4.78, 5) is 29.8. The van der Waals surface area contributed by atoms with Gasteiger partial charge in [0, 0.05) is 42.3 Å². The molecule has 2 aromatic rings. The average molecular weight is 472 g/mol. The van der Waals surface area contributed by atoms with Crippen LogP contribution < -0.4 is 10.2 Å². The lowest BCUT2D eigenvalue weighted by molar-refractivity contribution is 0.0601. The van der Waals surface area contributed by atoms with Gasteiger partial charge in [-0.3, -0.25) is 4.79 Å². The molecule has 2 heterocycles. The van der Waals surface area contributed by atoms with Gasteiger partial charge in [0.25, 0.3) is 0 Å². The number of Topliss-reactive ketones (excluding diaryl/α,β-unsaturated/α-hetero) is 1. The molecule has 0 spiro atoms. The van der Waals surface area contributed by atoms with Gasteiger partial charge in [-0.1, -0.05) is 6.42 Å². The fourth-order valence-electron chi connectivity index (χ4n) is 4.40. The van der Waals surface area contributed by atoms with Crippen LogP contribution in [0.4, 0.5) is 10.7 Å². The Bertz CT molecular complexity index is 1010. The number of aryl methyl sites for hydroxylation is 1. The molecule has 1 aromatic carbocycles. The van der Waals surface area contributed by atoms with Crippen LogP contribution in [0.3, 0.4) is 0 Å². The highest BCUT2D eigenvalue weighted by Crippen LogP contribution is 2.38. The van der Waals surface area contributed by atoms with Gasteiger partial charge >= 0.3 is 5.97 Å². The lowest BCUT2D eigenvalue weighted by Crippen LogP contribution is -2.50. The topological polar surface area (TPSA) is 61.9 Å². The Morgan fingerprint density at radius 1 is 1.03 bits per heavy atom. The number of hydrogen-bond donors (Lipinski definition) is 1. The second-order valence-electron chi connectivity index (χ2n) is 8.27. The third kappa shape index (κ3) is 4.81. The minimum atomic E-state index is -0.284. The summed E-state index contributed by atoms with van der Waals surface area (Å²) in [5.41, 5.74) is 3.65. The Hall–Kier alpha value is -2.45. The number of anilines is 2. The number of thiocarbonyl (C=S) groups is 1. The van der Waals surface area contributed by atoms with Crippen molar-refractivity contribution in [2.24, 2.45) is 0 Å².